The summed E-state index contributed by atoms with van der Waals surface area (Å²) in [4.78, 5) is 13.4. The number of benzene rings is 1. The number of nitrogens with two attached hydrogens (primary N) is 1. The SMILES string of the molecule is COc1cc(C)cc(C)c1CN(C)C(=O)C(C)N. The molecule has 1 aromatic carbocycles. The molecule has 1 amide bonds. The maximum atomic E-state index is 11.8. The first-order valence-corrected chi connectivity index (χ1v) is 6.01. The van der Waals surface area contributed by atoms with Gasteiger partial charge in [0, 0.05) is 19.2 Å². The lowest BCUT2D eigenvalue weighted by atomic mass is 10.0. The molecule has 0 heterocycles. The van der Waals surface area contributed by atoms with Crippen molar-refractivity contribution in [2.75, 3.05) is 14.2 Å². The van der Waals surface area contributed by atoms with Gasteiger partial charge in [0.1, 0.15) is 5.75 Å². The van der Waals surface area contributed by atoms with Crippen molar-refractivity contribution in [3.05, 3.63) is 28.8 Å². The van der Waals surface area contributed by atoms with E-state index in [-0.39, 0.29) is 5.91 Å². The number of aryl methyl sites for hydroxylation is 2. The molecule has 0 spiro atoms. The minimum Gasteiger partial charge on any atom is -0.496 e. The van der Waals surface area contributed by atoms with E-state index in [0.29, 0.717) is 6.54 Å². The van der Waals surface area contributed by atoms with E-state index >= 15 is 0 Å². The molecule has 0 radical (unpaired) electrons. The summed E-state index contributed by atoms with van der Waals surface area (Å²) in [7, 11) is 3.40. The molecule has 0 aliphatic carbocycles. The molecule has 1 atom stereocenters. The van der Waals surface area contributed by atoms with Crippen LogP contribution in [0, 0.1) is 13.8 Å². The molecule has 1 aromatic rings. The number of nitrogens with zero attached hydrogens (tertiary/aromatic N) is 1. The standard InChI is InChI=1S/C14H22N2O2/c1-9-6-10(2)12(13(7-9)18-5)8-16(4)14(17)11(3)15/h6-7,11H,8,15H2,1-5H3. The normalized spacial score (nSPS) is 12.1. The predicted molar refractivity (Wildman–Crippen MR) is 72.6 cm³/mol. The molecule has 2 N–H and O–H groups in total. The molecule has 1 rings (SSSR count). The molecule has 0 bridgehead atoms. The smallest absolute Gasteiger partial charge is 0.239 e. The van der Waals surface area contributed by atoms with Crippen molar-refractivity contribution in [2.24, 2.45) is 5.73 Å². The summed E-state index contributed by atoms with van der Waals surface area (Å²) in [5.74, 6) is 0.744. The summed E-state index contributed by atoms with van der Waals surface area (Å²) in [5, 5.41) is 0. The van der Waals surface area contributed by atoms with Gasteiger partial charge in [-0.05, 0) is 38.0 Å². The van der Waals surface area contributed by atoms with Gasteiger partial charge in [-0.1, -0.05) is 6.07 Å². The van der Waals surface area contributed by atoms with E-state index in [1.165, 1.54) is 0 Å². The molecule has 100 valence electrons. The Morgan fingerprint density at radius 3 is 2.56 bits per heavy atom. The molecule has 0 saturated heterocycles. The third-order valence-electron chi connectivity index (χ3n) is 2.96. The Hall–Kier alpha value is -1.55. The van der Waals surface area contributed by atoms with Crippen LogP contribution in [0.1, 0.15) is 23.6 Å². The highest BCUT2D eigenvalue weighted by Gasteiger charge is 2.16. The summed E-state index contributed by atoms with van der Waals surface area (Å²) in [5.41, 5.74) is 8.90. The van der Waals surface area contributed by atoms with Crippen LogP contribution in [0.5, 0.6) is 5.75 Å². The lowest BCUT2D eigenvalue weighted by Crippen LogP contribution is -2.39. The fourth-order valence-electron chi connectivity index (χ4n) is 2.01. The van der Waals surface area contributed by atoms with E-state index in [0.717, 1.165) is 22.4 Å². The monoisotopic (exact) mass is 250 g/mol. The second-order valence-corrected chi connectivity index (χ2v) is 4.75. The fourth-order valence-corrected chi connectivity index (χ4v) is 2.01. The molecule has 1 unspecified atom stereocenters. The molecular weight excluding hydrogens is 228 g/mol. The minimum atomic E-state index is -0.480. The van der Waals surface area contributed by atoms with E-state index in [9.17, 15) is 4.79 Å². The Morgan fingerprint density at radius 2 is 2.06 bits per heavy atom. The Bertz CT molecular complexity index is 442. The molecule has 4 heteroatoms. The quantitative estimate of drug-likeness (QED) is 0.883. The van der Waals surface area contributed by atoms with E-state index in [1.807, 2.05) is 19.9 Å². The van der Waals surface area contributed by atoms with Gasteiger partial charge in [-0.15, -0.1) is 0 Å². The second-order valence-electron chi connectivity index (χ2n) is 4.75. The van der Waals surface area contributed by atoms with Crippen molar-refractivity contribution >= 4 is 5.91 Å². The van der Waals surface area contributed by atoms with Crippen LogP contribution in [-0.4, -0.2) is 31.0 Å². The molecule has 0 aromatic heterocycles. The number of hydrogen-bond acceptors (Lipinski definition) is 3. The van der Waals surface area contributed by atoms with E-state index in [2.05, 4.69) is 6.07 Å². The summed E-state index contributed by atoms with van der Waals surface area (Å²) in [6.45, 7) is 6.25. The van der Waals surface area contributed by atoms with E-state index in [4.69, 9.17) is 10.5 Å². The molecule has 0 aliphatic heterocycles. The lowest BCUT2D eigenvalue weighted by Gasteiger charge is -2.22. The van der Waals surface area contributed by atoms with Gasteiger partial charge in [0.2, 0.25) is 5.91 Å². The highest BCUT2D eigenvalue weighted by Crippen LogP contribution is 2.25. The number of amides is 1. The van der Waals surface area contributed by atoms with Gasteiger partial charge < -0.3 is 15.4 Å². The van der Waals surface area contributed by atoms with Gasteiger partial charge in [0.15, 0.2) is 0 Å². The Balaban J connectivity index is 3.00. The van der Waals surface area contributed by atoms with Crippen molar-refractivity contribution in [3.63, 3.8) is 0 Å². The highest BCUT2D eigenvalue weighted by molar-refractivity contribution is 5.81. The number of hydrogen-bond donors (Lipinski definition) is 1. The van der Waals surface area contributed by atoms with Crippen LogP contribution < -0.4 is 10.5 Å². The largest absolute Gasteiger partial charge is 0.496 e. The average Bonchev–Trinajstić information content (AvgIpc) is 2.30. The van der Waals surface area contributed by atoms with Crippen molar-refractivity contribution < 1.29 is 9.53 Å². The van der Waals surface area contributed by atoms with Crippen molar-refractivity contribution in [1.82, 2.24) is 4.90 Å². The number of methoxy groups -OCH3 is 1. The van der Waals surface area contributed by atoms with Crippen molar-refractivity contribution in [2.45, 2.75) is 33.4 Å². The first kappa shape index (κ1) is 14.5. The first-order chi connectivity index (χ1) is 8.36. The van der Waals surface area contributed by atoms with Crippen LogP contribution in [0.2, 0.25) is 0 Å². The maximum absolute atomic E-state index is 11.8. The van der Waals surface area contributed by atoms with Crippen LogP contribution in [0.4, 0.5) is 0 Å². The minimum absolute atomic E-state index is 0.0722. The van der Waals surface area contributed by atoms with Gasteiger partial charge in [-0.2, -0.15) is 0 Å². The molecule has 4 nitrogen and oxygen atoms in total. The summed E-state index contributed by atoms with van der Waals surface area (Å²) >= 11 is 0. The zero-order valence-electron chi connectivity index (χ0n) is 11.8. The van der Waals surface area contributed by atoms with Gasteiger partial charge in [0.05, 0.1) is 13.2 Å². The average molecular weight is 250 g/mol. The van der Waals surface area contributed by atoms with E-state index < -0.39 is 6.04 Å². The van der Waals surface area contributed by atoms with Crippen LogP contribution in [-0.2, 0) is 11.3 Å². The van der Waals surface area contributed by atoms with Crippen LogP contribution in [0.15, 0.2) is 12.1 Å². The molecule has 0 saturated carbocycles. The number of ether oxygens (including phenoxy) is 1. The van der Waals surface area contributed by atoms with Gasteiger partial charge >= 0.3 is 0 Å². The van der Waals surface area contributed by atoms with E-state index in [1.54, 1.807) is 26.0 Å². The highest BCUT2D eigenvalue weighted by atomic mass is 16.5. The summed E-state index contributed by atoms with van der Waals surface area (Å²) in [6, 6.07) is 3.58. The topological polar surface area (TPSA) is 55.6 Å². The summed E-state index contributed by atoms with van der Waals surface area (Å²) < 4.78 is 5.38. The predicted octanol–water partition coefficient (Wildman–Crippen LogP) is 1.62. The molecule has 18 heavy (non-hydrogen) atoms. The van der Waals surface area contributed by atoms with Crippen LogP contribution in [0.25, 0.3) is 0 Å². The number of carbonyl (C=O) groups excluding carboxylic acids is 1. The third kappa shape index (κ3) is 3.23. The number of carbonyl (C=O) groups is 1. The van der Waals surface area contributed by atoms with Crippen LogP contribution >= 0.6 is 0 Å². The van der Waals surface area contributed by atoms with Crippen molar-refractivity contribution in [1.29, 1.82) is 0 Å². The van der Waals surface area contributed by atoms with Gasteiger partial charge in [0.25, 0.3) is 0 Å². The van der Waals surface area contributed by atoms with Crippen molar-refractivity contribution in [3.8, 4) is 5.75 Å². The zero-order chi connectivity index (χ0) is 13.9. The Kier molecular flexibility index (Phi) is 4.73. The first-order valence-electron chi connectivity index (χ1n) is 6.01. The molecule has 0 fully saturated rings. The third-order valence-corrected chi connectivity index (χ3v) is 2.96. The number of likely N-dealkylation sites (N-methyl/N-ethyl adjacent to an activating group) is 1. The number of rotatable bonds is 4. The Morgan fingerprint density at radius 1 is 1.44 bits per heavy atom. The fraction of sp³-hybridized carbons (Fsp3) is 0.500. The molecular formula is C14H22N2O2. The van der Waals surface area contributed by atoms with Crippen LogP contribution in [0.3, 0.4) is 0 Å². The Labute approximate surface area is 109 Å². The zero-order valence-corrected chi connectivity index (χ0v) is 11.8. The summed E-state index contributed by atoms with van der Waals surface area (Å²) in [6.07, 6.45) is 0. The van der Waals surface area contributed by atoms with Gasteiger partial charge in [-0.25, -0.2) is 0 Å². The lowest BCUT2D eigenvalue weighted by molar-refractivity contribution is -0.131. The maximum Gasteiger partial charge on any atom is 0.239 e. The molecule has 0 aliphatic rings. The second kappa shape index (κ2) is 5.87. The van der Waals surface area contributed by atoms with Gasteiger partial charge in [-0.3, -0.25) is 4.79 Å².